The summed E-state index contributed by atoms with van der Waals surface area (Å²) in [5.41, 5.74) is 2.51. The minimum Gasteiger partial charge on any atom is -0.491 e. The number of halogens is 1. The molecule has 1 fully saturated rings. The molecule has 1 aromatic carbocycles. The van der Waals surface area contributed by atoms with Crippen LogP contribution in [0, 0.1) is 5.82 Å². The third-order valence-corrected chi connectivity index (χ3v) is 5.78. The fraction of sp³-hybridized carbons (Fsp3) is 0.435. The number of aliphatic hydroxyl groups excluding tert-OH is 1. The summed E-state index contributed by atoms with van der Waals surface area (Å²) in [6.07, 6.45) is 2.99. The highest BCUT2D eigenvalue weighted by atomic mass is 19.1. The van der Waals surface area contributed by atoms with Gasteiger partial charge < -0.3 is 15.2 Å². The van der Waals surface area contributed by atoms with Gasteiger partial charge in [0.05, 0.1) is 30.0 Å². The van der Waals surface area contributed by atoms with Crippen LogP contribution in [0.1, 0.15) is 70.3 Å². The van der Waals surface area contributed by atoms with Crippen LogP contribution < -0.4 is 10.1 Å². The number of fused-ring (bicyclic) bond motifs is 1. The third-order valence-electron chi connectivity index (χ3n) is 5.78. The Morgan fingerprint density at radius 2 is 2.13 bits per heavy atom. The van der Waals surface area contributed by atoms with E-state index in [1.54, 1.807) is 19.1 Å². The van der Waals surface area contributed by atoms with Gasteiger partial charge >= 0.3 is 0 Å². The molecule has 158 valence electrons. The van der Waals surface area contributed by atoms with E-state index >= 15 is 0 Å². The zero-order valence-corrected chi connectivity index (χ0v) is 16.9. The molecule has 0 spiro atoms. The van der Waals surface area contributed by atoms with Crippen molar-refractivity contribution in [3.8, 4) is 5.75 Å². The van der Waals surface area contributed by atoms with E-state index in [-0.39, 0.29) is 35.4 Å². The zero-order chi connectivity index (χ0) is 21.3. The quantitative estimate of drug-likeness (QED) is 0.712. The van der Waals surface area contributed by atoms with Crippen LogP contribution in [-0.2, 0) is 12.8 Å². The molecule has 0 radical (unpaired) electrons. The number of carbonyl (C=O) groups is 2. The number of nitrogens with one attached hydrogen (secondary N) is 1. The van der Waals surface area contributed by atoms with Gasteiger partial charge in [-0.3, -0.25) is 9.59 Å². The van der Waals surface area contributed by atoms with Crippen molar-refractivity contribution in [2.75, 3.05) is 6.61 Å². The predicted molar refractivity (Wildman–Crippen MR) is 108 cm³/mol. The molecular formula is C23H25FN2O4. The number of amides is 1. The summed E-state index contributed by atoms with van der Waals surface area (Å²) < 4.78 is 20.1. The second-order valence-electron chi connectivity index (χ2n) is 7.89. The molecule has 4 rings (SSSR count). The van der Waals surface area contributed by atoms with Gasteiger partial charge in [-0.05, 0) is 43.0 Å². The standard InChI is InChI=1S/C23H25FN2O4/c1-2-20(27)15-7-6-13(11-16(15)24)10-14-12-19(25-18-8-9-30-22(14)18)23(29)26-17-4-3-5-21(17)28/h6-7,11-12,17,21,28H,2-5,8-10H2,1H3,(H,26,29)/t17-,21-/m0/s1. The second-order valence-corrected chi connectivity index (χ2v) is 7.89. The number of benzene rings is 1. The minimum absolute atomic E-state index is 0.0904. The van der Waals surface area contributed by atoms with E-state index in [0.29, 0.717) is 42.9 Å². The van der Waals surface area contributed by atoms with Crippen molar-refractivity contribution in [3.63, 3.8) is 0 Å². The van der Waals surface area contributed by atoms with Crippen molar-refractivity contribution < 1.29 is 23.8 Å². The number of nitrogens with zero attached hydrogens (tertiary/aromatic N) is 1. The number of hydrogen-bond donors (Lipinski definition) is 2. The molecule has 1 aliphatic carbocycles. The maximum absolute atomic E-state index is 14.4. The molecule has 1 amide bonds. The SMILES string of the molecule is CCC(=O)c1ccc(Cc2cc(C(=O)N[C@H]3CCC[C@@H]3O)nc3c2OCC3)cc1F. The molecule has 1 aliphatic heterocycles. The Bertz CT molecular complexity index is 991. The van der Waals surface area contributed by atoms with Crippen LogP contribution in [0.4, 0.5) is 4.39 Å². The number of pyridine rings is 1. The Morgan fingerprint density at radius 3 is 2.83 bits per heavy atom. The first kappa shape index (κ1) is 20.5. The molecular weight excluding hydrogens is 387 g/mol. The van der Waals surface area contributed by atoms with Crippen LogP contribution in [0.5, 0.6) is 5.75 Å². The highest BCUT2D eigenvalue weighted by molar-refractivity contribution is 5.96. The number of ether oxygens (including phenoxy) is 1. The number of carbonyl (C=O) groups excluding carboxylic acids is 2. The number of rotatable bonds is 6. The maximum atomic E-state index is 14.4. The Morgan fingerprint density at radius 1 is 1.30 bits per heavy atom. The van der Waals surface area contributed by atoms with Crippen LogP contribution in [0.3, 0.4) is 0 Å². The van der Waals surface area contributed by atoms with E-state index in [2.05, 4.69) is 10.3 Å². The molecule has 6 nitrogen and oxygen atoms in total. The molecule has 2 aliphatic rings. The van der Waals surface area contributed by atoms with Crippen molar-refractivity contribution in [2.24, 2.45) is 0 Å². The smallest absolute Gasteiger partial charge is 0.270 e. The lowest BCUT2D eigenvalue weighted by atomic mass is 9.99. The van der Waals surface area contributed by atoms with Crippen molar-refractivity contribution in [1.29, 1.82) is 0 Å². The second kappa shape index (κ2) is 8.52. The number of Topliss-reactive ketones (excluding diaryl/α,β-unsaturated/α-hetero) is 1. The fourth-order valence-corrected chi connectivity index (χ4v) is 4.14. The topological polar surface area (TPSA) is 88.5 Å². The van der Waals surface area contributed by atoms with Gasteiger partial charge in [0.1, 0.15) is 17.3 Å². The first-order valence-electron chi connectivity index (χ1n) is 10.4. The largest absolute Gasteiger partial charge is 0.491 e. The lowest BCUT2D eigenvalue weighted by molar-refractivity contribution is 0.0867. The van der Waals surface area contributed by atoms with Crippen molar-refractivity contribution >= 4 is 11.7 Å². The summed E-state index contributed by atoms with van der Waals surface area (Å²) in [7, 11) is 0. The molecule has 1 saturated carbocycles. The zero-order valence-electron chi connectivity index (χ0n) is 16.9. The highest BCUT2D eigenvalue weighted by Crippen LogP contribution is 2.31. The molecule has 1 aromatic heterocycles. The summed E-state index contributed by atoms with van der Waals surface area (Å²) in [5, 5.41) is 12.9. The molecule has 0 bridgehead atoms. The van der Waals surface area contributed by atoms with Crippen molar-refractivity contribution in [1.82, 2.24) is 10.3 Å². The van der Waals surface area contributed by atoms with Crippen LogP contribution in [0.25, 0.3) is 0 Å². The van der Waals surface area contributed by atoms with E-state index in [9.17, 15) is 19.1 Å². The van der Waals surface area contributed by atoms with Gasteiger partial charge in [-0.1, -0.05) is 13.0 Å². The molecule has 2 aromatic rings. The van der Waals surface area contributed by atoms with Crippen LogP contribution in [0.15, 0.2) is 24.3 Å². The first-order chi connectivity index (χ1) is 14.5. The molecule has 7 heteroatoms. The van der Waals surface area contributed by atoms with Gasteiger partial charge in [0.15, 0.2) is 5.78 Å². The van der Waals surface area contributed by atoms with Gasteiger partial charge in [-0.15, -0.1) is 0 Å². The van der Waals surface area contributed by atoms with Crippen molar-refractivity contribution in [3.05, 3.63) is 58.2 Å². The van der Waals surface area contributed by atoms with Gasteiger partial charge in [-0.25, -0.2) is 9.37 Å². The fourth-order valence-electron chi connectivity index (χ4n) is 4.14. The molecule has 0 unspecified atom stereocenters. The van der Waals surface area contributed by atoms with Crippen molar-refractivity contribution in [2.45, 2.75) is 57.6 Å². The normalized spacial score (nSPS) is 20.0. The average Bonchev–Trinajstić information content (AvgIpc) is 3.36. The Balaban J connectivity index is 1.59. The molecule has 2 N–H and O–H groups in total. The van der Waals surface area contributed by atoms with Crippen LogP contribution >= 0.6 is 0 Å². The summed E-state index contributed by atoms with van der Waals surface area (Å²) in [4.78, 5) is 29.0. The Hall–Kier alpha value is -2.80. The number of hydrogen-bond acceptors (Lipinski definition) is 5. The number of ketones is 1. The van der Waals surface area contributed by atoms with E-state index in [0.717, 1.165) is 18.4 Å². The van der Waals surface area contributed by atoms with Crippen LogP contribution in [0.2, 0.25) is 0 Å². The Labute approximate surface area is 174 Å². The maximum Gasteiger partial charge on any atom is 0.270 e. The summed E-state index contributed by atoms with van der Waals surface area (Å²) in [6.45, 7) is 2.19. The predicted octanol–water partition coefficient (Wildman–Crippen LogP) is 2.98. The van der Waals surface area contributed by atoms with E-state index in [1.165, 1.54) is 12.1 Å². The molecule has 2 atom stereocenters. The monoisotopic (exact) mass is 412 g/mol. The molecule has 30 heavy (non-hydrogen) atoms. The molecule has 2 heterocycles. The lowest BCUT2D eigenvalue weighted by Crippen LogP contribution is -2.40. The van der Waals surface area contributed by atoms with Gasteiger partial charge in [0.2, 0.25) is 0 Å². The summed E-state index contributed by atoms with van der Waals surface area (Å²) in [6, 6.07) is 6.00. The Kier molecular flexibility index (Phi) is 5.81. The summed E-state index contributed by atoms with van der Waals surface area (Å²) in [5.74, 6) is -0.465. The first-order valence-corrected chi connectivity index (χ1v) is 10.4. The highest BCUT2D eigenvalue weighted by Gasteiger charge is 2.28. The summed E-state index contributed by atoms with van der Waals surface area (Å²) >= 11 is 0. The van der Waals surface area contributed by atoms with Gasteiger partial charge in [0.25, 0.3) is 5.91 Å². The van der Waals surface area contributed by atoms with Crippen LogP contribution in [-0.4, -0.2) is 40.5 Å². The number of aliphatic hydroxyl groups is 1. The van der Waals surface area contributed by atoms with E-state index in [1.807, 2.05) is 0 Å². The van der Waals surface area contributed by atoms with Gasteiger partial charge in [-0.2, -0.15) is 0 Å². The average molecular weight is 412 g/mol. The number of aromatic nitrogens is 1. The van der Waals surface area contributed by atoms with Gasteiger partial charge in [0, 0.05) is 24.8 Å². The minimum atomic E-state index is -0.542. The third kappa shape index (κ3) is 4.07. The lowest BCUT2D eigenvalue weighted by Gasteiger charge is -2.17. The van der Waals surface area contributed by atoms with E-state index in [4.69, 9.17) is 4.74 Å². The van der Waals surface area contributed by atoms with E-state index < -0.39 is 11.9 Å². The molecule has 0 saturated heterocycles.